The number of methoxy groups -OCH3 is 2. The molecule has 0 amide bonds. The first kappa shape index (κ1) is 17.6. The number of rotatable bonds is 7. The van der Waals surface area contributed by atoms with E-state index >= 15 is 0 Å². The van der Waals surface area contributed by atoms with Crippen LogP contribution in [-0.4, -0.2) is 20.2 Å². The van der Waals surface area contributed by atoms with Crippen LogP contribution in [0.5, 0.6) is 17.2 Å². The molecule has 0 atom stereocenters. The standard InChI is InChI=1S/C21H20O5/c1-23-16-5-3-15(4-6-16)20-13-11-18(25-20)12-14-21(22)26-19-9-7-17(24-2)8-10-19/h3-11,13H,12,14H2,1-2H3. The molecule has 0 N–H and O–H groups in total. The summed E-state index contributed by atoms with van der Waals surface area (Å²) in [5.74, 6) is 3.19. The zero-order valence-corrected chi connectivity index (χ0v) is 14.7. The first-order valence-corrected chi connectivity index (χ1v) is 8.26. The van der Waals surface area contributed by atoms with Gasteiger partial charge in [-0.15, -0.1) is 0 Å². The number of hydrogen-bond donors (Lipinski definition) is 0. The highest BCUT2D eigenvalue weighted by molar-refractivity contribution is 5.72. The maximum absolute atomic E-state index is 12.0. The van der Waals surface area contributed by atoms with Crippen LogP contribution in [0.4, 0.5) is 0 Å². The van der Waals surface area contributed by atoms with Gasteiger partial charge in [-0.25, -0.2) is 0 Å². The van der Waals surface area contributed by atoms with E-state index < -0.39 is 0 Å². The molecule has 1 aromatic heterocycles. The lowest BCUT2D eigenvalue weighted by molar-refractivity contribution is -0.134. The van der Waals surface area contributed by atoms with Crippen LogP contribution in [-0.2, 0) is 11.2 Å². The van der Waals surface area contributed by atoms with Gasteiger partial charge in [-0.2, -0.15) is 0 Å². The van der Waals surface area contributed by atoms with Crippen LogP contribution in [0.1, 0.15) is 12.2 Å². The molecule has 0 bridgehead atoms. The largest absolute Gasteiger partial charge is 0.497 e. The molecule has 5 nitrogen and oxygen atoms in total. The first-order chi connectivity index (χ1) is 12.7. The minimum atomic E-state index is -0.308. The summed E-state index contributed by atoms with van der Waals surface area (Å²) < 4.78 is 21.3. The maximum Gasteiger partial charge on any atom is 0.311 e. The summed E-state index contributed by atoms with van der Waals surface area (Å²) in [7, 11) is 3.22. The number of hydrogen-bond acceptors (Lipinski definition) is 5. The van der Waals surface area contributed by atoms with E-state index in [4.69, 9.17) is 18.6 Å². The predicted molar refractivity (Wildman–Crippen MR) is 97.6 cm³/mol. The molecule has 26 heavy (non-hydrogen) atoms. The first-order valence-electron chi connectivity index (χ1n) is 8.26. The van der Waals surface area contributed by atoms with Gasteiger partial charge in [0.15, 0.2) is 0 Å². The maximum atomic E-state index is 12.0. The van der Waals surface area contributed by atoms with E-state index in [2.05, 4.69) is 0 Å². The number of carbonyl (C=O) groups is 1. The summed E-state index contributed by atoms with van der Waals surface area (Å²) in [4.78, 5) is 12.0. The van der Waals surface area contributed by atoms with Crippen molar-refractivity contribution in [1.29, 1.82) is 0 Å². The predicted octanol–water partition coefficient (Wildman–Crippen LogP) is 4.50. The molecular weight excluding hydrogens is 332 g/mol. The van der Waals surface area contributed by atoms with Crippen LogP contribution >= 0.6 is 0 Å². The van der Waals surface area contributed by atoms with Crippen LogP contribution in [0.2, 0.25) is 0 Å². The minimum Gasteiger partial charge on any atom is -0.497 e. The molecule has 0 aliphatic carbocycles. The van der Waals surface area contributed by atoms with Gasteiger partial charge in [0, 0.05) is 12.0 Å². The van der Waals surface area contributed by atoms with Crippen molar-refractivity contribution < 1.29 is 23.4 Å². The van der Waals surface area contributed by atoms with Crippen molar-refractivity contribution in [2.75, 3.05) is 14.2 Å². The fourth-order valence-electron chi connectivity index (χ4n) is 2.47. The number of ether oxygens (including phenoxy) is 3. The van der Waals surface area contributed by atoms with Crippen molar-refractivity contribution in [3.63, 3.8) is 0 Å². The Bertz CT molecular complexity index is 847. The van der Waals surface area contributed by atoms with E-state index in [1.807, 2.05) is 36.4 Å². The fourth-order valence-corrected chi connectivity index (χ4v) is 2.47. The molecule has 0 fully saturated rings. The molecule has 0 saturated heterocycles. The summed E-state index contributed by atoms with van der Waals surface area (Å²) in [6.45, 7) is 0. The van der Waals surface area contributed by atoms with Gasteiger partial charge in [0.25, 0.3) is 0 Å². The summed E-state index contributed by atoms with van der Waals surface area (Å²) in [6, 6.07) is 18.3. The average Bonchev–Trinajstić information content (AvgIpc) is 3.16. The Labute approximate surface area is 152 Å². The summed E-state index contributed by atoms with van der Waals surface area (Å²) >= 11 is 0. The van der Waals surface area contributed by atoms with Gasteiger partial charge in [-0.3, -0.25) is 4.79 Å². The average molecular weight is 352 g/mol. The molecular formula is C21H20O5. The Morgan fingerprint density at radius 1 is 0.808 bits per heavy atom. The second-order valence-electron chi connectivity index (χ2n) is 5.64. The molecule has 0 unspecified atom stereocenters. The highest BCUT2D eigenvalue weighted by Gasteiger charge is 2.10. The van der Waals surface area contributed by atoms with E-state index in [1.165, 1.54) is 0 Å². The molecule has 3 aromatic rings. The second-order valence-corrected chi connectivity index (χ2v) is 5.64. The van der Waals surface area contributed by atoms with Crippen LogP contribution in [0, 0.1) is 0 Å². The van der Waals surface area contributed by atoms with E-state index in [1.54, 1.807) is 38.5 Å². The molecule has 134 valence electrons. The topological polar surface area (TPSA) is 57.9 Å². The molecule has 3 rings (SSSR count). The van der Waals surface area contributed by atoms with Crippen molar-refractivity contribution in [2.24, 2.45) is 0 Å². The van der Waals surface area contributed by atoms with Crippen molar-refractivity contribution in [3.8, 4) is 28.6 Å². The minimum absolute atomic E-state index is 0.238. The van der Waals surface area contributed by atoms with Crippen LogP contribution < -0.4 is 14.2 Å². The molecule has 1 heterocycles. The van der Waals surface area contributed by atoms with Crippen molar-refractivity contribution in [1.82, 2.24) is 0 Å². The van der Waals surface area contributed by atoms with Gasteiger partial charge in [-0.05, 0) is 60.7 Å². The summed E-state index contributed by atoms with van der Waals surface area (Å²) in [6.07, 6.45) is 0.715. The molecule has 0 saturated carbocycles. The molecule has 5 heteroatoms. The SMILES string of the molecule is COc1ccc(OC(=O)CCc2ccc(-c3ccc(OC)cc3)o2)cc1. The molecule has 0 aliphatic heterocycles. The van der Waals surface area contributed by atoms with Gasteiger partial charge < -0.3 is 18.6 Å². The second kappa shape index (κ2) is 8.25. The molecule has 2 aromatic carbocycles. The summed E-state index contributed by atoms with van der Waals surface area (Å²) in [5.41, 5.74) is 0.956. The fraction of sp³-hybridized carbons (Fsp3) is 0.190. The lowest BCUT2D eigenvalue weighted by atomic mass is 10.2. The normalized spacial score (nSPS) is 10.4. The van der Waals surface area contributed by atoms with Crippen LogP contribution in [0.3, 0.4) is 0 Å². The van der Waals surface area contributed by atoms with Gasteiger partial charge in [0.05, 0.1) is 20.6 Å². The lowest BCUT2D eigenvalue weighted by Crippen LogP contribution is -2.08. The number of benzene rings is 2. The molecule has 0 aliphatic rings. The number of esters is 1. The monoisotopic (exact) mass is 352 g/mol. The Balaban J connectivity index is 1.54. The van der Waals surface area contributed by atoms with Crippen molar-refractivity contribution in [2.45, 2.75) is 12.8 Å². The van der Waals surface area contributed by atoms with Crippen molar-refractivity contribution in [3.05, 3.63) is 66.4 Å². The highest BCUT2D eigenvalue weighted by atomic mass is 16.5. The lowest BCUT2D eigenvalue weighted by Gasteiger charge is -2.05. The highest BCUT2D eigenvalue weighted by Crippen LogP contribution is 2.25. The quantitative estimate of drug-likeness (QED) is 0.463. The number of aryl methyl sites for hydroxylation is 1. The zero-order chi connectivity index (χ0) is 18.4. The zero-order valence-electron chi connectivity index (χ0n) is 14.7. The number of furan rings is 1. The van der Waals surface area contributed by atoms with E-state index in [-0.39, 0.29) is 12.4 Å². The smallest absolute Gasteiger partial charge is 0.311 e. The third-order valence-corrected chi connectivity index (χ3v) is 3.90. The Hall–Kier alpha value is -3.21. The third kappa shape index (κ3) is 4.45. The Kier molecular flexibility index (Phi) is 5.59. The van der Waals surface area contributed by atoms with Gasteiger partial charge in [0.2, 0.25) is 0 Å². The van der Waals surface area contributed by atoms with Crippen molar-refractivity contribution >= 4 is 5.97 Å². The Morgan fingerprint density at radius 2 is 1.38 bits per heavy atom. The van der Waals surface area contributed by atoms with Crippen LogP contribution in [0.25, 0.3) is 11.3 Å². The van der Waals surface area contributed by atoms with Crippen LogP contribution in [0.15, 0.2) is 65.1 Å². The van der Waals surface area contributed by atoms with E-state index in [9.17, 15) is 4.79 Å². The van der Waals surface area contributed by atoms with Gasteiger partial charge in [-0.1, -0.05) is 0 Å². The van der Waals surface area contributed by atoms with Gasteiger partial charge >= 0.3 is 5.97 Å². The van der Waals surface area contributed by atoms with E-state index in [0.717, 1.165) is 22.8 Å². The molecule has 0 radical (unpaired) electrons. The number of carbonyl (C=O) groups excluding carboxylic acids is 1. The third-order valence-electron chi connectivity index (χ3n) is 3.90. The van der Waals surface area contributed by atoms with E-state index in [0.29, 0.717) is 17.9 Å². The Morgan fingerprint density at radius 3 is 2.00 bits per heavy atom. The van der Waals surface area contributed by atoms with Gasteiger partial charge in [0.1, 0.15) is 28.8 Å². The molecule has 0 spiro atoms. The summed E-state index contributed by atoms with van der Waals surface area (Å²) in [5, 5.41) is 0.